The SMILES string of the molecule is NCCCCC(NC(=O)C(N)CCC(N)=O)C(=O)NC(Cc1ccc(O)cc1)C(=O)N1CCCC1C(=O)O. The number of carbonyl (C=O) groups is 5. The lowest BCUT2D eigenvalue weighted by molar-refractivity contribution is -0.149. The van der Waals surface area contributed by atoms with Gasteiger partial charge in [0.25, 0.3) is 0 Å². The Morgan fingerprint density at radius 3 is 2.26 bits per heavy atom. The molecule has 1 aromatic carbocycles. The lowest BCUT2D eigenvalue weighted by Crippen LogP contribution is -2.57. The monoisotopic (exact) mass is 534 g/mol. The normalized spacial score (nSPS) is 17.3. The predicted molar refractivity (Wildman–Crippen MR) is 137 cm³/mol. The number of phenolic OH excluding ortho intramolecular Hbond substituents is 1. The number of phenols is 1. The van der Waals surface area contributed by atoms with E-state index in [2.05, 4.69) is 10.6 Å². The average molecular weight is 535 g/mol. The lowest BCUT2D eigenvalue weighted by Gasteiger charge is -2.29. The topological polar surface area (TPSA) is 231 Å². The average Bonchev–Trinajstić information content (AvgIpc) is 3.37. The third-order valence-corrected chi connectivity index (χ3v) is 6.43. The first-order valence-electron chi connectivity index (χ1n) is 12.7. The third kappa shape index (κ3) is 9.30. The quantitative estimate of drug-likeness (QED) is 0.132. The highest BCUT2D eigenvalue weighted by Gasteiger charge is 2.38. The molecular weight excluding hydrogens is 496 g/mol. The molecule has 38 heavy (non-hydrogen) atoms. The van der Waals surface area contributed by atoms with E-state index in [0.717, 1.165) is 0 Å². The first kappa shape index (κ1) is 30.5. The van der Waals surface area contributed by atoms with Crippen molar-refractivity contribution >= 4 is 29.6 Å². The number of nitrogens with two attached hydrogens (primary N) is 3. The fourth-order valence-electron chi connectivity index (χ4n) is 4.30. The molecule has 4 amide bonds. The van der Waals surface area contributed by atoms with Crippen LogP contribution in [-0.4, -0.2) is 82.0 Å². The highest BCUT2D eigenvalue weighted by molar-refractivity contribution is 5.94. The lowest BCUT2D eigenvalue weighted by atomic mass is 10.0. The molecule has 1 fully saturated rings. The number of carbonyl (C=O) groups excluding carboxylic acids is 4. The van der Waals surface area contributed by atoms with Crippen LogP contribution < -0.4 is 27.8 Å². The molecule has 1 saturated heterocycles. The maximum Gasteiger partial charge on any atom is 0.326 e. The van der Waals surface area contributed by atoms with E-state index in [1.807, 2.05) is 0 Å². The fraction of sp³-hybridized carbons (Fsp3) is 0.560. The summed E-state index contributed by atoms with van der Waals surface area (Å²) in [5, 5.41) is 24.4. The zero-order chi connectivity index (χ0) is 28.2. The van der Waals surface area contributed by atoms with Gasteiger partial charge in [-0.1, -0.05) is 12.1 Å². The number of likely N-dealkylation sites (tertiary alicyclic amines) is 1. The van der Waals surface area contributed by atoms with E-state index in [9.17, 15) is 34.2 Å². The molecule has 210 valence electrons. The van der Waals surface area contributed by atoms with E-state index in [0.29, 0.717) is 37.8 Å². The van der Waals surface area contributed by atoms with Gasteiger partial charge in [-0.2, -0.15) is 0 Å². The third-order valence-electron chi connectivity index (χ3n) is 6.43. The molecule has 4 unspecified atom stereocenters. The van der Waals surface area contributed by atoms with Gasteiger partial charge in [0, 0.05) is 19.4 Å². The van der Waals surface area contributed by atoms with Crippen LogP contribution in [0, 0.1) is 0 Å². The smallest absolute Gasteiger partial charge is 0.326 e. The van der Waals surface area contributed by atoms with Crippen LogP contribution in [0.25, 0.3) is 0 Å². The number of nitrogens with zero attached hydrogens (tertiary/aromatic N) is 1. The number of carboxylic acids is 1. The van der Waals surface area contributed by atoms with Crippen molar-refractivity contribution in [1.82, 2.24) is 15.5 Å². The summed E-state index contributed by atoms with van der Waals surface area (Å²) >= 11 is 0. The molecule has 1 aliphatic heterocycles. The molecule has 13 nitrogen and oxygen atoms in total. The van der Waals surface area contributed by atoms with Gasteiger partial charge in [-0.05, 0) is 62.8 Å². The highest BCUT2D eigenvalue weighted by Crippen LogP contribution is 2.20. The summed E-state index contributed by atoms with van der Waals surface area (Å²) in [6.45, 7) is 0.622. The largest absolute Gasteiger partial charge is 0.508 e. The molecule has 1 aliphatic rings. The summed E-state index contributed by atoms with van der Waals surface area (Å²) in [6.07, 6.45) is 2.10. The maximum atomic E-state index is 13.5. The van der Waals surface area contributed by atoms with Gasteiger partial charge in [-0.25, -0.2) is 4.79 Å². The second-order valence-corrected chi connectivity index (χ2v) is 9.42. The Morgan fingerprint density at radius 1 is 1.00 bits per heavy atom. The predicted octanol–water partition coefficient (Wildman–Crippen LogP) is -1.30. The van der Waals surface area contributed by atoms with E-state index < -0.39 is 53.8 Å². The first-order valence-corrected chi connectivity index (χ1v) is 12.7. The Kier molecular flexibility index (Phi) is 12.0. The van der Waals surface area contributed by atoms with Gasteiger partial charge < -0.3 is 42.9 Å². The minimum Gasteiger partial charge on any atom is -0.508 e. The summed E-state index contributed by atoms with van der Waals surface area (Å²) in [6, 6.07) is 1.85. The number of benzene rings is 1. The molecule has 13 heteroatoms. The number of rotatable bonds is 15. The van der Waals surface area contributed by atoms with Gasteiger partial charge in [0.05, 0.1) is 6.04 Å². The molecule has 0 spiro atoms. The summed E-state index contributed by atoms with van der Waals surface area (Å²) in [5.41, 5.74) is 17.2. The van der Waals surface area contributed by atoms with Crippen molar-refractivity contribution in [3.63, 3.8) is 0 Å². The van der Waals surface area contributed by atoms with Gasteiger partial charge >= 0.3 is 5.97 Å². The summed E-state index contributed by atoms with van der Waals surface area (Å²) in [5.74, 6) is -3.54. The van der Waals surface area contributed by atoms with Crippen LogP contribution in [0.1, 0.15) is 50.5 Å². The second kappa shape index (κ2) is 14.9. The maximum absolute atomic E-state index is 13.5. The molecule has 10 N–H and O–H groups in total. The number of aliphatic carboxylic acids is 1. The number of unbranched alkanes of at least 4 members (excludes halogenated alkanes) is 1. The van der Waals surface area contributed by atoms with Gasteiger partial charge in [0.2, 0.25) is 23.6 Å². The molecule has 4 atom stereocenters. The van der Waals surface area contributed by atoms with Crippen molar-refractivity contribution in [3.05, 3.63) is 29.8 Å². The van der Waals surface area contributed by atoms with Gasteiger partial charge in [0.1, 0.15) is 23.9 Å². The molecular formula is C25H38N6O7. The Labute approximate surface area is 221 Å². The summed E-state index contributed by atoms with van der Waals surface area (Å²) in [7, 11) is 0. The standard InChI is InChI=1S/C25H38N6O7/c26-12-2-1-4-18(29-22(34)17(27)10-11-21(28)33)23(35)30-19(14-15-6-8-16(32)9-7-15)24(36)31-13-3-5-20(31)25(37)38/h6-9,17-20,32H,1-5,10-14,26-27H2,(H2,28,33)(H,29,34)(H,30,35)(H,37,38). The number of aromatic hydroxyl groups is 1. The van der Waals surface area contributed by atoms with Crippen molar-refractivity contribution in [1.29, 1.82) is 0 Å². The molecule has 0 aromatic heterocycles. The molecule has 0 bridgehead atoms. The van der Waals surface area contributed by atoms with Crippen LogP contribution in [0.15, 0.2) is 24.3 Å². The number of carboxylic acid groups (broad SMARTS) is 1. The molecule has 0 radical (unpaired) electrons. The molecule has 0 saturated carbocycles. The highest BCUT2D eigenvalue weighted by atomic mass is 16.4. The van der Waals surface area contributed by atoms with Crippen LogP contribution >= 0.6 is 0 Å². The number of hydrogen-bond donors (Lipinski definition) is 7. The molecule has 1 aromatic rings. The zero-order valence-corrected chi connectivity index (χ0v) is 21.3. The van der Waals surface area contributed by atoms with E-state index in [1.54, 1.807) is 12.1 Å². The Morgan fingerprint density at radius 2 is 1.66 bits per heavy atom. The molecule has 2 rings (SSSR count). The summed E-state index contributed by atoms with van der Waals surface area (Å²) in [4.78, 5) is 63.4. The second-order valence-electron chi connectivity index (χ2n) is 9.42. The number of primary amides is 1. The Bertz CT molecular complexity index is 987. The van der Waals surface area contributed by atoms with Crippen molar-refractivity contribution in [2.24, 2.45) is 17.2 Å². The van der Waals surface area contributed by atoms with Crippen LogP contribution in [0.5, 0.6) is 5.75 Å². The van der Waals surface area contributed by atoms with Gasteiger partial charge in [-0.15, -0.1) is 0 Å². The van der Waals surface area contributed by atoms with Crippen LogP contribution in [-0.2, 0) is 30.4 Å². The number of hydrogen-bond acceptors (Lipinski definition) is 8. The van der Waals surface area contributed by atoms with Gasteiger partial charge in [-0.3, -0.25) is 19.2 Å². The van der Waals surface area contributed by atoms with Crippen molar-refractivity contribution in [2.75, 3.05) is 13.1 Å². The summed E-state index contributed by atoms with van der Waals surface area (Å²) < 4.78 is 0. The number of nitrogens with one attached hydrogen (secondary N) is 2. The minimum absolute atomic E-state index is 0.00576. The van der Waals surface area contributed by atoms with Crippen molar-refractivity contribution < 1.29 is 34.2 Å². The van der Waals surface area contributed by atoms with Crippen LogP contribution in [0.3, 0.4) is 0 Å². The van der Waals surface area contributed by atoms with E-state index in [1.165, 1.54) is 17.0 Å². The Hall–Kier alpha value is -3.71. The van der Waals surface area contributed by atoms with Crippen LogP contribution in [0.4, 0.5) is 0 Å². The number of amides is 4. The Balaban J connectivity index is 2.23. The van der Waals surface area contributed by atoms with Crippen LogP contribution in [0.2, 0.25) is 0 Å². The minimum atomic E-state index is -1.12. The zero-order valence-electron chi connectivity index (χ0n) is 21.3. The van der Waals surface area contributed by atoms with Gasteiger partial charge in [0.15, 0.2) is 0 Å². The molecule has 1 heterocycles. The fourth-order valence-corrected chi connectivity index (χ4v) is 4.30. The van der Waals surface area contributed by atoms with E-state index in [4.69, 9.17) is 17.2 Å². The van der Waals surface area contributed by atoms with Crippen molar-refractivity contribution in [2.45, 2.75) is 75.5 Å². The van der Waals surface area contributed by atoms with E-state index >= 15 is 0 Å². The van der Waals surface area contributed by atoms with E-state index in [-0.39, 0.29) is 38.0 Å². The first-order chi connectivity index (χ1) is 18.0. The molecule has 0 aliphatic carbocycles. The van der Waals surface area contributed by atoms with Crippen molar-refractivity contribution in [3.8, 4) is 5.75 Å².